The van der Waals surface area contributed by atoms with Crippen molar-refractivity contribution in [1.29, 1.82) is 0 Å². The fraction of sp³-hybridized carbons (Fsp3) is 0.133. The zero-order valence-corrected chi connectivity index (χ0v) is 22.1. The third-order valence-electron chi connectivity index (χ3n) is 6.08. The van der Waals surface area contributed by atoms with Crippen LogP contribution in [0.1, 0.15) is 12.5 Å². The van der Waals surface area contributed by atoms with Crippen molar-refractivity contribution in [2.45, 2.75) is 6.92 Å². The van der Waals surface area contributed by atoms with Crippen molar-refractivity contribution < 1.29 is 0 Å². The molecule has 0 unspecified atom stereocenters. The number of aromatic nitrogens is 4. The lowest BCUT2D eigenvalue weighted by Gasteiger charge is -2.14. The van der Waals surface area contributed by atoms with Gasteiger partial charge in [0.2, 0.25) is 0 Å². The van der Waals surface area contributed by atoms with E-state index in [1.54, 1.807) is 17.5 Å². The van der Waals surface area contributed by atoms with Gasteiger partial charge in [0.15, 0.2) is 0 Å². The van der Waals surface area contributed by atoms with Gasteiger partial charge in [0.05, 0.1) is 22.9 Å². The first kappa shape index (κ1) is 24.5. The molecule has 0 spiro atoms. The zero-order valence-electron chi connectivity index (χ0n) is 21.3. The molecule has 3 N–H and O–H groups in total. The zero-order chi connectivity index (χ0) is 25.9. The van der Waals surface area contributed by atoms with Crippen LogP contribution in [0.5, 0.6) is 0 Å². The molecular formula is C30H30N6S. The van der Waals surface area contributed by atoms with Gasteiger partial charge < -0.3 is 15.2 Å². The normalized spacial score (nSPS) is 12.5. The van der Waals surface area contributed by atoms with Crippen LogP contribution >= 0.6 is 11.3 Å². The van der Waals surface area contributed by atoms with Crippen LogP contribution in [-0.2, 0) is 0 Å². The van der Waals surface area contributed by atoms with Crippen LogP contribution in [0.3, 0.4) is 0 Å². The van der Waals surface area contributed by atoms with E-state index in [0.717, 1.165) is 56.5 Å². The second-order valence-corrected chi connectivity index (χ2v) is 10.2. The number of fused-ring (bicyclic) bond motifs is 1. The summed E-state index contributed by atoms with van der Waals surface area (Å²) in [5.41, 5.74) is 7.65. The first-order valence-corrected chi connectivity index (χ1v) is 12.9. The molecule has 186 valence electrons. The lowest BCUT2D eigenvalue weighted by molar-refractivity contribution is 0.447. The Morgan fingerprint density at radius 1 is 1.14 bits per heavy atom. The van der Waals surface area contributed by atoms with E-state index in [1.165, 1.54) is 15.8 Å². The van der Waals surface area contributed by atoms with E-state index < -0.39 is 0 Å². The quantitative estimate of drug-likeness (QED) is 0.261. The lowest BCUT2D eigenvalue weighted by Crippen LogP contribution is -2.23. The summed E-state index contributed by atoms with van der Waals surface area (Å²) < 4.78 is 0. The third-order valence-corrected chi connectivity index (χ3v) is 6.99. The molecule has 4 aromatic heterocycles. The number of benzene rings is 1. The molecule has 0 saturated heterocycles. The van der Waals surface area contributed by atoms with Gasteiger partial charge in [0.25, 0.3) is 0 Å². The van der Waals surface area contributed by atoms with Gasteiger partial charge in [-0.15, -0.1) is 11.3 Å². The maximum atomic E-state index is 4.67. The smallest absolute Gasteiger partial charge is 0.116 e. The summed E-state index contributed by atoms with van der Waals surface area (Å²) in [5, 5.41) is 16.4. The number of hydrogen-bond acceptors (Lipinski definition) is 5. The average molecular weight is 507 g/mol. The van der Waals surface area contributed by atoms with Crippen LogP contribution in [0.25, 0.3) is 50.5 Å². The predicted octanol–water partition coefficient (Wildman–Crippen LogP) is 5.46. The maximum absolute atomic E-state index is 4.67. The van der Waals surface area contributed by atoms with Gasteiger partial charge in [-0.1, -0.05) is 37.4 Å². The first-order chi connectivity index (χ1) is 17.9. The maximum Gasteiger partial charge on any atom is 0.116 e. The second kappa shape index (κ2) is 10.4. The molecular weight excluding hydrogens is 476 g/mol. The number of aromatic amines is 2. The van der Waals surface area contributed by atoms with Gasteiger partial charge in [0.1, 0.15) is 5.69 Å². The van der Waals surface area contributed by atoms with Gasteiger partial charge in [-0.25, -0.2) is 0 Å². The highest BCUT2D eigenvalue weighted by Gasteiger charge is 2.13. The summed E-state index contributed by atoms with van der Waals surface area (Å²) >= 11 is 1.74. The molecule has 0 amide bonds. The van der Waals surface area contributed by atoms with E-state index in [9.17, 15) is 0 Å². The molecule has 0 aliphatic rings. The van der Waals surface area contributed by atoms with Crippen molar-refractivity contribution in [2.24, 2.45) is 0 Å². The molecule has 6 nitrogen and oxygen atoms in total. The van der Waals surface area contributed by atoms with Gasteiger partial charge in [-0.2, -0.15) is 5.10 Å². The lowest BCUT2D eigenvalue weighted by atomic mass is 10.1. The number of pyridine rings is 1. The van der Waals surface area contributed by atoms with Gasteiger partial charge in [0, 0.05) is 50.6 Å². The fourth-order valence-corrected chi connectivity index (χ4v) is 5.20. The molecule has 5 aromatic rings. The van der Waals surface area contributed by atoms with Crippen LogP contribution in [0, 0.1) is 0 Å². The summed E-state index contributed by atoms with van der Waals surface area (Å²) in [4.78, 5) is 11.3. The molecule has 0 atom stereocenters. The molecule has 0 aliphatic carbocycles. The Morgan fingerprint density at radius 2 is 2.00 bits per heavy atom. The number of H-pyrrole nitrogens is 2. The molecule has 37 heavy (non-hydrogen) atoms. The summed E-state index contributed by atoms with van der Waals surface area (Å²) in [5.74, 6) is 0. The van der Waals surface area contributed by atoms with E-state index in [4.69, 9.17) is 0 Å². The summed E-state index contributed by atoms with van der Waals surface area (Å²) in [6.07, 6.45) is 7.71. The van der Waals surface area contributed by atoms with Crippen LogP contribution in [-0.4, -0.2) is 45.7 Å². The number of anilines is 1. The van der Waals surface area contributed by atoms with E-state index >= 15 is 0 Å². The molecule has 4 heterocycles. The third kappa shape index (κ3) is 5.18. The second-order valence-electron chi connectivity index (χ2n) is 9.21. The minimum Gasteiger partial charge on any atom is -0.357 e. The van der Waals surface area contributed by atoms with E-state index in [1.807, 2.05) is 39.4 Å². The molecule has 0 aliphatic heterocycles. The molecule has 7 heteroatoms. The summed E-state index contributed by atoms with van der Waals surface area (Å²) in [7, 11) is 4.03. The highest BCUT2D eigenvalue weighted by atomic mass is 32.1. The van der Waals surface area contributed by atoms with Crippen molar-refractivity contribution in [3.05, 3.63) is 95.2 Å². The molecule has 0 fully saturated rings. The highest BCUT2D eigenvalue weighted by molar-refractivity contribution is 7.13. The van der Waals surface area contributed by atoms with Crippen LogP contribution in [0.15, 0.2) is 79.1 Å². The Hall–Kier alpha value is -4.20. The topological polar surface area (TPSA) is 72.6 Å². The van der Waals surface area contributed by atoms with Gasteiger partial charge >= 0.3 is 0 Å². The number of thiophene rings is 1. The van der Waals surface area contributed by atoms with Crippen LogP contribution in [0.2, 0.25) is 0 Å². The Morgan fingerprint density at radius 3 is 2.76 bits per heavy atom. The minimum absolute atomic E-state index is 0.740. The van der Waals surface area contributed by atoms with Gasteiger partial charge in [-0.05, 0) is 62.3 Å². The highest BCUT2D eigenvalue weighted by Crippen LogP contribution is 2.33. The number of rotatable bonds is 8. The molecule has 0 bridgehead atoms. The number of nitrogens with zero attached hydrogens (tertiary/aromatic N) is 3. The number of hydrogen-bond donors (Lipinski definition) is 3. The monoisotopic (exact) mass is 506 g/mol. The van der Waals surface area contributed by atoms with Crippen molar-refractivity contribution in [3.8, 4) is 21.8 Å². The Bertz CT molecular complexity index is 1700. The van der Waals surface area contributed by atoms with Crippen molar-refractivity contribution in [3.63, 3.8) is 0 Å². The summed E-state index contributed by atoms with van der Waals surface area (Å²) in [6, 6.07) is 14.8. The SMILES string of the molecule is C=C(CN(C)C)Nc1cncc(C(=C)/C=c2/c(-c3cc4c(-c5cccs5)cccc4[nH]3)n[nH]/c2=C/C)c1. The van der Waals surface area contributed by atoms with Gasteiger partial charge in [-0.3, -0.25) is 10.1 Å². The standard InChI is InChI=1S/C30H30N6S/c1-6-26-25(13-19(2)21-14-22(17-31-16-21)32-20(3)18-36(4)5)30(35-34-26)28-15-24-23(29-11-8-12-37-29)9-7-10-27(24)33-28/h6-17,32-34H,2-3,18H2,1,4-5H3/b25-13+,26-6+. The largest absolute Gasteiger partial charge is 0.357 e. The Labute approximate surface area is 220 Å². The minimum atomic E-state index is 0.740. The fourth-order valence-electron chi connectivity index (χ4n) is 4.43. The molecule has 0 saturated carbocycles. The molecule has 1 aromatic carbocycles. The van der Waals surface area contributed by atoms with E-state index in [2.05, 4.69) is 91.4 Å². The number of allylic oxidation sites excluding steroid dienone is 1. The summed E-state index contributed by atoms with van der Waals surface area (Å²) in [6.45, 7) is 11.2. The number of nitrogens with one attached hydrogen (secondary N) is 3. The van der Waals surface area contributed by atoms with E-state index in [-0.39, 0.29) is 0 Å². The van der Waals surface area contributed by atoms with Crippen molar-refractivity contribution in [1.82, 2.24) is 25.1 Å². The Balaban J connectivity index is 1.53. The predicted molar refractivity (Wildman–Crippen MR) is 158 cm³/mol. The number of likely N-dealkylation sites (N-methyl/N-ethyl adjacent to an activating group) is 1. The molecule has 5 rings (SSSR count). The van der Waals surface area contributed by atoms with Crippen molar-refractivity contribution >= 4 is 45.7 Å². The van der Waals surface area contributed by atoms with Crippen LogP contribution in [0.4, 0.5) is 5.69 Å². The van der Waals surface area contributed by atoms with Crippen LogP contribution < -0.4 is 15.9 Å². The van der Waals surface area contributed by atoms with Crippen molar-refractivity contribution in [2.75, 3.05) is 26.0 Å². The first-order valence-electron chi connectivity index (χ1n) is 12.0. The molecule has 0 radical (unpaired) electrons. The Kier molecular flexibility index (Phi) is 6.90. The average Bonchev–Trinajstić information content (AvgIpc) is 3.62. The van der Waals surface area contributed by atoms with E-state index in [0.29, 0.717) is 0 Å².